The maximum absolute atomic E-state index is 13.3. The van der Waals surface area contributed by atoms with Gasteiger partial charge in [-0.25, -0.2) is 4.39 Å². The van der Waals surface area contributed by atoms with Crippen molar-refractivity contribution in [2.24, 2.45) is 0 Å². The third-order valence-corrected chi connectivity index (χ3v) is 3.41. The highest BCUT2D eigenvalue weighted by Crippen LogP contribution is 2.20. The van der Waals surface area contributed by atoms with Gasteiger partial charge in [-0.05, 0) is 35.9 Å². The minimum atomic E-state index is -0.466. The van der Waals surface area contributed by atoms with Crippen molar-refractivity contribution in [2.45, 2.75) is 6.42 Å². The fraction of sp³-hybridized carbons (Fsp3) is 0.0588. The number of nitrogens with two attached hydrogens (primary N) is 1. The van der Waals surface area contributed by atoms with Gasteiger partial charge in [0.25, 0.3) is 0 Å². The third kappa shape index (κ3) is 2.60. The molecule has 1 heterocycles. The highest BCUT2D eigenvalue weighted by atomic mass is 19.1. The number of anilines is 1. The van der Waals surface area contributed by atoms with Gasteiger partial charge in [0.2, 0.25) is 0 Å². The monoisotopic (exact) mass is 280 g/mol. The molecule has 104 valence electrons. The Labute approximate surface area is 121 Å². The second kappa shape index (κ2) is 5.32. The smallest absolute Gasteiger partial charge is 0.169 e. The first-order valence-corrected chi connectivity index (χ1v) is 6.56. The molecule has 0 radical (unpaired) electrons. The summed E-state index contributed by atoms with van der Waals surface area (Å²) in [6.45, 7) is 0. The maximum Gasteiger partial charge on any atom is 0.169 e. The first-order chi connectivity index (χ1) is 10.1. The van der Waals surface area contributed by atoms with Crippen LogP contribution < -0.4 is 5.73 Å². The maximum atomic E-state index is 13.3. The van der Waals surface area contributed by atoms with Crippen molar-refractivity contribution in [3.8, 4) is 0 Å². The van der Waals surface area contributed by atoms with E-state index in [9.17, 15) is 9.18 Å². The molecule has 3 rings (SSSR count). The van der Waals surface area contributed by atoms with Crippen molar-refractivity contribution in [2.75, 3.05) is 5.73 Å². The number of hydrogen-bond acceptors (Lipinski definition) is 3. The van der Waals surface area contributed by atoms with Crippen LogP contribution >= 0.6 is 0 Å². The molecule has 0 bridgehead atoms. The molecule has 1 aromatic heterocycles. The number of ketones is 1. The molecule has 0 unspecified atom stereocenters. The van der Waals surface area contributed by atoms with Crippen LogP contribution in [-0.4, -0.2) is 10.8 Å². The zero-order valence-electron chi connectivity index (χ0n) is 11.2. The van der Waals surface area contributed by atoms with Crippen LogP contribution in [0.1, 0.15) is 15.9 Å². The molecule has 0 amide bonds. The first kappa shape index (κ1) is 13.2. The van der Waals surface area contributed by atoms with E-state index in [1.165, 1.54) is 18.2 Å². The molecule has 21 heavy (non-hydrogen) atoms. The number of benzene rings is 2. The first-order valence-electron chi connectivity index (χ1n) is 6.56. The van der Waals surface area contributed by atoms with Gasteiger partial charge >= 0.3 is 0 Å². The fourth-order valence-electron chi connectivity index (χ4n) is 2.35. The second-order valence-electron chi connectivity index (χ2n) is 4.82. The topological polar surface area (TPSA) is 56.0 Å². The summed E-state index contributed by atoms with van der Waals surface area (Å²) < 4.78 is 13.3. The van der Waals surface area contributed by atoms with E-state index in [4.69, 9.17) is 5.73 Å². The highest BCUT2D eigenvalue weighted by Gasteiger charge is 2.13. The van der Waals surface area contributed by atoms with E-state index < -0.39 is 5.82 Å². The Balaban J connectivity index is 1.99. The molecule has 0 aliphatic heterocycles. The van der Waals surface area contributed by atoms with E-state index in [1.807, 2.05) is 24.3 Å². The number of carbonyl (C=O) groups excluding carboxylic acids is 1. The van der Waals surface area contributed by atoms with Crippen LogP contribution in [0.4, 0.5) is 10.1 Å². The van der Waals surface area contributed by atoms with Crippen molar-refractivity contribution < 1.29 is 9.18 Å². The lowest BCUT2D eigenvalue weighted by atomic mass is 9.99. The standard InChI is InChI=1S/C17H13FN2O/c18-12-5-6-15(19)14(10-12)17(21)9-11-7-8-20-16-4-2-1-3-13(11)16/h1-8,10H,9,19H2. The average molecular weight is 280 g/mol. The number of carbonyl (C=O) groups is 1. The van der Waals surface area contributed by atoms with Crippen LogP contribution in [0.15, 0.2) is 54.7 Å². The van der Waals surface area contributed by atoms with Crippen LogP contribution in [0.2, 0.25) is 0 Å². The molecule has 3 aromatic rings. The molecular weight excluding hydrogens is 267 g/mol. The average Bonchev–Trinajstić information content (AvgIpc) is 2.50. The van der Waals surface area contributed by atoms with E-state index in [-0.39, 0.29) is 17.8 Å². The van der Waals surface area contributed by atoms with E-state index in [1.54, 1.807) is 12.3 Å². The highest BCUT2D eigenvalue weighted by molar-refractivity contribution is 6.03. The van der Waals surface area contributed by atoms with Gasteiger partial charge in [0.15, 0.2) is 5.78 Å². The van der Waals surface area contributed by atoms with E-state index >= 15 is 0 Å². The predicted molar refractivity (Wildman–Crippen MR) is 80.6 cm³/mol. The van der Waals surface area contributed by atoms with Crippen LogP contribution in [-0.2, 0) is 6.42 Å². The Morgan fingerprint density at radius 2 is 1.95 bits per heavy atom. The van der Waals surface area contributed by atoms with Crippen molar-refractivity contribution in [3.63, 3.8) is 0 Å². The van der Waals surface area contributed by atoms with Gasteiger partial charge in [0.1, 0.15) is 5.82 Å². The minimum absolute atomic E-state index is 0.163. The molecule has 0 fully saturated rings. The number of fused-ring (bicyclic) bond motifs is 1. The Morgan fingerprint density at radius 1 is 1.14 bits per heavy atom. The van der Waals surface area contributed by atoms with Crippen molar-refractivity contribution in [1.29, 1.82) is 0 Å². The van der Waals surface area contributed by atoms with Crippen LogP contribution in [0, 0.1) is 5.82 Å². The van der Waals surface area contributed by atoms with Gasteiger partial charge in [-0.15, -0.1) is 0 Å². The molecule has 2 aromatic carbocycles. The molecular formula is C17H13FN2O. The van der Waals surface area contributed by atoms with Gasteiger partial charge in [0.05, 0.1) is 5.52 Å². The predicted octanol–water partition coefficient (Wildman–Crippen LogP) is 3.38. The van der Waals surface area contributed by atoms with Gasteiger partial charge in [0, 0.05) is 29.3 Å². The SMILES string of the molecule is Nc1ccc(F)cc1C(=O)Cc1ccnc2ccccc12. The summed E-state index contributed by atoms with van der Waals surface area (Å²) in [7, 11) is 0. The van der Waals surface area contributed by atoms with E-state index in [0.717, 1.165) is 16.5 Å². The van der Waals surface area contributed by atoms with E-state index in [2.05, 4.69) is 4.98 Å². The number of hydrogen-bond donors (Lipinski definition) is 1. The summed E-state index contributed by atoms with van der Waals surface area (Å²) in [6, 6.07) is 13.2. The number of para-hydroxylation sites is 1. The lowest BCUT2D eigenvalue weighted by Gasteiger charge is -2.07. The van der Waals surface area contributed by atoms with E-state index in [0.29, 0.717) is 5.69 Å². The van der Waals surface area contributed by atoms with Gasteiger partial charge < -0.3 is 5.73 Å². The largest absolute Gasteiger partial charge is 0.398 e. The Hall–Kier alpha value is -2.75. The van der Waals surface area contributed by atoms with Crippen LogP contribution in [0.5, 0.6) is 0 Å². The normalized spacial score (nSPS) is 10.7. The Kier molecular flexibility index (Phi) is 3.36. The molecule has 0 atom stereocenters. The van der Waals surface area contributed by atoms with Crippen molar-refractivity contribution in [1.82, 2.24) is 4.98 Å². The second-order valence-corrected chi connectivity index (χ2v) is 4.82. The van der Waals surface area contributed by atoms with Crippen LogP contribution in [0.25, 0.3) is 10.9 Å². The third-order valence-electron chi connectivity index (χ3n) is 3.41. The molecule has 0 saturated heterocycles. The Bertz CT molecular complexity index is 825. The molecule has 0 saturated carbocycles. The van der Waals surface area contributed by atoms with Gasteiger partial charge in [-0.1, -0.05) is 18.2 Å². The lowest BCUT2D eigenvalue weighted by Crippen LogP contribution is -2.08. The summed E-state index contributed by atoms with van der Waals surface area (Å²) >= 11 is 0. The number of aromatic nitrogens is 1. The zero-order chi connectivity index (χ0) is 14.8. The van der Waals surface area contributed by atoms with Crippen LogP contribution in [0.3, 0.4) is 0 Å². The van der Waals surface area contributed by atoms with Crippen molar-refractivity contribution >= 4 is 22.4 Å². The molecule has 4 heteroatoms. The lowest BCUT2D eigenvalue weighted by molar-refractivity contribution is 0.0993. The number of rotatable bonds is 3. The molecule has 0 aliphatic carbocycles. The number of pyridine rings is 1. The summed E-state index contributed by atoms with van der Waals surface area (Å²) in [6.07, 6.45) is 1.83. The summed E-state index contributed by atoms with van der Waals surface area (Å²) in [5.41, 5.74) is 7.95. The zero-order valence-corrected chi connectivity index (χ0v) is 11.2. The summed E-state index contributed by atoms with van der Waals surface area (Å²) in [5, 5.41) is 0.920. The molecule has 0 spiro atoms. The fourth-order valence-corrected chi connectivity index (χ4v) is 2.35. The number of halogens is 1. The molecule has 3 nitrogen and oxygen atoms in total. The molecule has 0 aliphatic rings. The quantitative estimate of drug-likeness (QED) is 0.591. The summed E-state index contributed by atoms with van der Waals surface area (Å²) in [5.74, 6) is -0.671. The number of nitrogen functional groups attached to an aromatic ring is 1. The van der Waals surface area contributed by atoms with Gasteiger partial charge in [-0.2, -0.15) is 0 Å². The van der Waals surface area contributed by atoms with Gasteiger partial charge in [-0.3, -0.25) is 9.78 Å². The summed E-state index contributed by atoms with van der Waals surface area (Å²) in [4.78, 5) is 16.6. The van der Waals surface area contributed by atoms with Crippen molar-refractivity contribution in [3.05, 3.63) is 71.7 Å². The number of Topliss-reactive ketones (excluding diaryl/α,β-unsaturated/α-hetero) is 1. The number of nitrogens with zero attached hydrogens (tertiary/aromatic N) is 1. The molecule has 2 N–H and O–H groups in total. The Morgan fingerprint density at radius 3 is 2.81 bits per heavy atom. The minimum Gasteiger partial charge on any atom is -0.398 e.